The second kappa shape index (κ2) is 9.15. The van der Waals surface area contributed by atoms with Crippen LogP contribution in [0.4, 0.5) is 5.69 Å². The first-order valence-electron chi connectivity index (χ1n) is 13.8. The third-order valence-corrected chi connectivity index (χ3v) is 9.06. The lowest BCUT2D eigenvalue weighted by atomic mass is 9.70. The molecule has 0 unspecified atom stereocenters. The minimum Gasteiger partial charge on any atom is -0.321 e. The van der Waals surface area contributed by atoms with Crippen molar-refractivity contribution in [2.24, 2.45) is 0 Å². The molecule has 3 heteroatoms. The fourth-order valence-electron chi connectivity index (χ4n) is 6.94. The fourth-order valence-corrected chi connectivity index (χ4v) is 7.33. The number of fused-ring (bicyclic) bond motifs is 10. The van der Waals surface area contributed by atoms with Crippen molar-refractivity contribution in [2.45, 2.75) is 5.41 Å². The Kier molecular flexibility index (Phi) is 5.38. The molecule has 1 spiro atoms. The number of rotatable bonds is 3. The summed E-state index contributed by atoms with van der Waals surface area (Å²) < 4.78 is 0.875. The molecule has 2 aliphatic carbocycles. The smallest absolute Gasteiger partial charge is 0.255 e. The van der Waals surface area contributed by atoms with Gasteiger partial charge in [0.15, 0.2) is 0 Å². The van der Waals surface area contributed by atoms with Gasteiger partial charge in [-0.15, -0.1) is 0 Å². The molecule has 0 atom stereocenters. The van der Waals surface area contributed by atoms with Crippen LogP contribution in [0.1, 0.15) is 32.6 Å². The van der Waals surface area contributed by atoms with Crippen LogP contribution in [0.15, 0.2) is 144 Å². The Morgan fingerprint density at radius 3 is 1.68 bits per heavy atom. The Hall–Kier alpha value is -4.73. The van der Waals surface area contributed by atoms with Gasteiger partial charge >= 0.3 is 0 Å². The van der Waals surface area contributed by atoms with Gasteiger partial charge in [-0.2, -0.15) is 0 Å². The van der Waals surface area contributed by atoms with Crippen LogP contribution in [-0.2, 0) is 5.41 Å². The standard InChI is InChI=1S/C38H24BrNO/c39-26-11-9-10-25(22-26)37(41)40-36-19-8-4-12-27(36)24-20-21-35-31(23-24)30-15-3-7-18-34(30)38(35)32-16-5-1-13-28(32)29-14-2-6-17-33(29)38/h1-23H,(H,40,41). The summed E-state index contributed by atoms with van der Waals surface area (Å²) >= 11 is 3.47. The molecule has 8 rings (SSSR count). The molecule has 0 radical (unpaired) electrons. The highest BCUT2D eigenvalue weighted by Crippen LogP contribution is 2.62. The molecule has 0 aromatic heterocycles. The maximum absolute atomic E-state index is 13.2. The van der Waals surface area contributed by atoms with Crippen molar-refractivity contribution >= 4 is 27.5 Å². The summed E-state index contributed by atoms with van der Waals surface area (Å²) in [6.45, 7) is 0. The molecule has 0 aliphatic heterocycles. The Morgan fingerprint density at radius 1 is 0.512 bits per heavy atom. The largest absolute Gasteiger partial charge is 0.321 e. The molecule has 0 heterocycles. The van der Waals surface area contributed by atoms with Crippen molar-refractivity contribution in [1.29, 1.82) is 0 Å². The van der Waals surface area contributed by atoms with E-state index in [0.717, 1.165) is 21.3 Å². The molecule has 1 N–H and O–H groups in total. The summed E-state index contributed by atoms with van der Waals surface area (Å²) in [6.07, 6.45) is 0. The molecule has 0 saturated carbocycles. The lowest BCUT2D eigenvalue weighted by Crippen LogP contribution is -2.25. The molecule has 194 valence electrons. The summed E-state index contributed by atoms with van der Waals surface area (Å²) in [4.78, 5) is 13.2. The Bertz CT molecular complexity index is 1980. The zero-order valence-electron chi connectivity index (χ0n) is 22.1. The highest BCUT2D eigenvalue weighted by atomic mass is 79.9. The van der Waals surface area contributed by atoms with Crippen molar-refractivity contribution < 1.29 is 4.79 Å². The van der Waals surface area contributed by atoms with Crippen LogP contribution >= 0.6 is 15.9 Å². The van der Waals surface area contributed by atoms with Gasteiger partial charge in [0, 0.05) is 21.3 Å². The minimum atomic E-state index is -0.355. The third kappa shape index (κ3) is 3.46. The highest BCUT2D eigenvalue weighted by molar-refractivity contribution is 9.10. The van der Waals surface area contributed by atoms with Crippen LogP contribution in [0.25, 0.3) is 33.4 Å². The van der Waals surface area contributed by atoms with Crippen molar-refractivity contribution in [1.82, 2.24) is 0 Å². The van der Waals surface area contributed by atoms with Crippen LogP contribution in [0.3, 0.4) is 0 Å². The predicted molar refractivity (Wildman–Crippen MR) is 170 cm³/mol. The topological polar surface area (TPSA) is 29.1 Å². The molecular formula is C38H24BrNO. The molecule has 2 aliphatic rings. The van der Waals surface area contributed by atoms with Gasteiger partial charge in [0.05, 0.1) is 5.41 Å². The summed E-state index contributed by atoms with van der Waals surface area (Å²) in [7, 11) is 0. The monoisotopic (exact) mass is 589 g/mol. The number of carbonyl (C=O) groups is 1. The lowest BCUT2D eigenvalue weighted by Gasteiger charge is -2.30. The fraction of sp³-hybridized carbons (Fsp3) is 0.0263. The van der Waals surface area contributed by atoms with Crippen LogP contribution in [0.2, 0.25) is 0 Å². The number of halogens is 1. The lowest BCUT2D eigenvalue weighted by molar-refractivity contribution is 0.102. The average Bonchev–Trinajstić information content (AvgIpc) is 3.48. The van der Waals surface area contributed by atoms with Crippen molar-refractivity contribution in [3.05, 3.63) is 172 Å². The van der Waals surface area contributed by atoms with E-state index in [9.17, 15) is 4.79 Å². The summed E-state index contributed by atoms with van der Waals surface area (Å²) in [6, 6.07) is 48.8. The molecule has 41 heavy (non-hydrogen) atoms. The normalized spacial score (nSPS) is 13.3. The molecule has 0 bridgehead atoms. The maximum Gasteiger partial charge on any atom is 0.255 e. The zero-order chi connectivity index (χ0) is 27.6. The van der Waals surface area contributed by atoms with Gasteiger partial charge in [-0.3, -0.25) is 4.79 Å². The second-order valence-corrected chi connectivity index (χ2v) is 11.6. The molecule has 0 fully saturated rings. The van der Waals surface area contributed by atoms with E-state index in [-0.39, 0.29) is 11.3 Å². The SMILES string of the molecule is O=C(Nc1ccccc1-c1ccc2c(c1)-c1ccccc1C21c2ccccc2-c2ccccc21)c1cccc(Br)c1. The maximum atomic E-state index is 13.2. The molecule has 6 aromatic carbocycles. The molecule has 0 saturated heterocycles. The van der Waals surface area contributed by atoms with Crippen LogP contribution in [-0.4, -0.2) is 5.91 Å². The third-order valence-electron chi connectivity index (χ3n) is 8.57. The van der Waals surface area contributed by atoms with Gasteiger partial charge in [-0.05, 0) is 80.4 Å². The summed E-state index contributed by atoms with van der Waals surface area (Å²) in [5.74, 6) is -0.136. The second-order valence-electron chi connectivity index (χ2n) is 10.7. The van der Waals surface area contributed by atoms with E-state index in [1.807, 2.05) is 42.5 Å². The first kappa shape index (κ1) is 24.1. The first-order chi connectivity index (χ1) is 20.2. The molecular weight excluding hydrogens is 566 g/mol. The van der Waals surface area contributed by atoms with Gasteiger partial charge < -0.3 is 5.32 Å². The van der Waals surface area contributed by atoms with Gasteiger partial charge in [0.25, 0.3) is 5.91 Å². The van der Waals surface area contributed by atoms with E-state index >= 15 is 0 Å². The highest BCUT2D eigenvalue weighted by Gasteiger charge is 2.51. The van der Waals surface area contributed by atoms with Crippen molar-refractivity contribution in [2.75, 3.05) is 5.32 Å². The average molecular weight is 591 g/mol. The zero-order valence-corrected chi connectivity index (χ0v) is 23.7. The minimum absolute atomic E-state index is 0.136. The quantitative estimate of drug-likeness (QED) is 0.218. The van der Waals surface area contributed by atoms with Crippen molar-refractivity contribution in [3.63, 3.8) is 0 Å². The van der Waals surface area contributed by atoms with Crippen LogP contribution in [0, 0.1) is 0 Å². The van der Waals surface area contributed by atoms with Crippen LogP contribution in [0.5, 0.6) is 0 Å². The van der Waals surface area contributed by atoms with E-state index < -0.39 is 0 Å². The van der Waals surface area contributed by atoms with E-state index in [0.29, 0.717) is 5.56 Å². The van der Waals surface area contributed by atoms with Crippen molar-refractivity contribution in [3.8, 4) is 33.4 Å². The van der Waals surface area contributed by atoms with E-state index in [2.05, 4.69) is 118 Å². The number of nitrogens with one attached hydrogen (secondary N) is 1. The van der Waals surface area contributed by atoms with Gasteiger partial charge in [-0.1, -0.05) is 125 Å². The Balaban J connectivity index is 1.31. The molecule has 1 amide bonds. The van der Waals surface area contributed by atoms with E-state index in [1.54, 1.807) is 0 Å². The number of hydrogen-bond acceptors (Lipinski definition) is 1. The van der Waals surface area contributed by atoms with Gasteiger partial charge in [0.1, 0.15) is 0 Å². The molecule has 2 nitrogen and oxygen atoms in total. The Morgan fingerprint density at radius 2 is 1.05 bits per heavy atom. The number of para-hydroxylation sites is 1. The first-order valence-corrected chi connectivity index (χ1v) is 14.6. The van der Waals surface area contributed by atoms with Crippen LogP contribution < -0.4 is 5.32 Å². The van der Waals surface area contributed by atoms with E-state index in [1.165, 1.54) is 44.5 Å². The molecule has 6 aromatic rings. The number of carbonyl (C=O) groups excluding carboxylic acids is 1. The number of anilines is 1. The van der Waals surface area contributed by atoms with Gasteiger partial charge in [-0.25, -0.2) is 0 Å². The van der Waals surface area contributed by atoms with Gasteiger partial charge in [0.2, 0.25) is 0 Å². The number of benzene rings is 6. The van der Waals surface area contributed by atoms with E-state index in [4.69, 9.17) is 0 Å². The number of hydrogen-bond donors (Lipinski definition) is 1. The predicted octanol–water partition coefficient (Wildman–Crippen LogP) is 9.71. The summed E-state index contributed by atoms with van der Waals surface area (Å²) in [5, 5.41) is 3.15. The Labute approximate surface area is 247 Å². The number of amides is 1. The summed E-state index contributed by atoms with van der Waals surface area (Å²) in [5.41, 5.74) is 13.5.